The number of aliphatic hydroxyl groups excluding tert-OH is 3. The summed E-state index contributed by atoms with van der Waals surface area (Å²) in [5, 5.41) is 34.2. The van der Waals surface area contributed by atoms with E-state index in [2.05, 4.69) is 237 Å². The second kappa shape index (κ2) is 38.8. The number of nitrogens with zero attached hydrogens (tertiary/aromatic N) is 3. The summed E-state index contributed by atoms with van der Waals surface area (Å²) >= 11 is 9.12. The number of ketones is 3. The van der Waals surface area contributed by atoms with Crippen molar-refractivity contribution in [3.8, 4) is 65.1 Å². The van der Waals surface area contributed by atoms with E-state index in [0.29, 0.717) is 0 Å². The summed E-state index contributed by atoms with van der Waals surface area (Å²) in [5.41, 5.74) is 18.1. The fraction of sp³-hybridized carbons (Fsp3) is 0.161. The molecule has 0 aliphatic carbocycles. The molecule has 0 saturated carbocycles. The fourth-order valence-electron chi connectivity index (χ4n) is 12.5. The van der Waals surface area contributed by atoms with E-state index >= 15 is 0 Å². The van der Waals surface area contributed by atoms with Crippen molar-refractivity contribution in [3.63, 3.8) is 0 Å². The van der Waals surface area contributed by atoms with Crippen LogP contribution in [0.15, 0.2) is 242 Å². The van der Waals surface area contributed by atoms with Gasteiger partial charge in [0.1, 0.15) is 14.5 Å². The largest absolute Gasteiger partial charge is 0.512 e. The Balaban J connectivity index is 0.000000182. The predicted octanol–water partition coefficient (Wildman–Crippen LogP) is 27.0. The van der Waals surface area contributed by atoms with E-state index < -0.39 is 0 Å². The molecule has 9 nitrogen and oxygen atoms in total. The van der Waals surface area contributed by atoms with Gasteiger partial charge in [-0.3, -0.25) is 29.3 Å². The zero-order chi connectivity index (χ0) is 76.4. The summed E-state index contributed by atoms with van der Waals surface area (Å²) < 4.78 is 5.51. The van der Waals surface area contributed by atoms with Crippen LogP contribution in [-0.4, -0.2) is 47.6 Å². The number of aryl methyl sites for hydroxylation is 5. The van der Waals surface area contributed by atoms with Crippen molar-refractivity contribution >= 4 is 145 Å². The van der Waals surface area contributed by atoms with Crippen LogP contribution in [-0.2, 0) is 80.1 Å². The third-order valence-electron chi connectivity index (χ3n) is 17.3. The molecular weight excluding hydrogens is 1990 g/mol. The first kappa shape index (κ1) is 86.7. The number of aromatic nitrogens is 3. The minimum atomic E-state index is -0.125. The number of benzene rings is 8. The number of hydrogen-bond donors (Lipinski definition) is 3. The van der Waals surface area contributed by atoms with Crippen molar-refractivity contribution in [1.29, 1.82) is 0 Å². The second-order valence-electron chi connectivity index (χ2n) is 27.3. The molecule has 0 bridgehead atoms. The molecule has 0 aliphatic heterocycles. The van der Waals surface area contributed by atoms with Crippen LogP contribution in [0.3, 0.4) is 0 Å². The molecule has 16 aromatic rings. The first-order chi connectivity index (χ1) is 51.1. The van der Waals surface area contributed by atoms with Gasteiger partial charge < -0.3 is 15.3 Å². The first-order valence-electron chi connectivity index (χ1n) is 34.9. The number of fused-ring (bicyclic) bond motifs is 9. The van der Waals surface area contributed by atoms with Gasteiger partial charge in [-0.1, -0.05) is 118 Å². The number of allylic oxidation sites excluding steroid dienone is 6. The Morgan fingerprint density at radius 1 is 0.391 bits per heavy atom. The average Bonchev–Trinajstić information content (AvgIpc) is 1.60. The van der Waals surface area contributed by atoms with E-state index in [1.165, 1.54) is 181 Å². The van der Waals surface area contributed by atoms with Gasteiger partial charge in [-0.25, -0.2) is 0 Å². The minimum Gasteiger partial charge on any atom is -0.512 e. The standard InChI is InChI=1S/C28H20NS2.C27H18NS2.C23H20NS.3C5H8O2.3Ir/c1-16-9-11-21-22-14-17(2)26(18(3)27(22)30-24(21)13-16)25-15-20-10-12-23(29-28(20)31-25)19-7-5-4-6-8-19;1-16-14-21-20-10-6-7-11-23(20)29-26(21)17(2)25(16)24-15-19-12-13-22(28-27(19)30-24)18-8-4-3-5-9-18;1-23(2,3)19-12-9-16(10-13-19)20-14-11-18-15-21(25-22(18)24-20)17-7-5-4-6-8-17;3*1-4(6)3-5(2)7;;;/h4-7,9-15H,1-3H3;3-8,10-15H,1-2H3;4-9,11-15H,1-3H3;3*3,6H,1-2H3;;;/q3*-1;;;;;;. The molecule has 8 aromatic carbocycles. The third kappa shape index (κ3) is 21.6. The molecule has 0 unspecified atom stereocenters. The second-order valence-corrected chi connectivity index (χ2v) is 32.5. The Labute approximate surface area is 704 Å². The minimum absolute atomic E-state index is 0. The summed E-state index contributed by atoms with van der Waals surface area (Å²) in [4.78, 5) is 51.9. The molecule has 0 atom stereocenters. The third-order valence-corrected chi connectivity index (χ3v) is 23.1. The average molecular weight is 2070 g/mol. The van der Waals surface area contributed by atoms with Crippen molar-refractivity contribution < 1.29 is 90.0 Å². The summed E-state index contributed by atoms with van der Waals surface area (Å²) in [6.45, 7) is 26.4. The van der Waals surface area contributed by atoms with Gasteiger partial charge in [0.2, 0.25) is 0 Å². The maximum absolute atomic E-state index is 10.0. The number of aliphatic hydroxyl groups is 3. The van der Waals surface area contributed by atoms with Crippen molar-refractivity contribution in [3.05, 3.63) is 293 Å². The SMILES string of the molecule is CC(=O)C=C(C)O.CC(=O)C=C(C)O.CC(=O)C=C(C)O.CC(C)(C)c1c[c-]c(-c2ccc3cc(-c4ccccc4)sc3n2)cc1.Cc1cc2c(sc3ccccc32)c(C)c1-c1cc2ccc(-c3[c-]cccc3)nc2s1.Cc1ccc2c(c1)sc1c(C)c(-c3cc4ccc(-c5[c-]cccc5)nc4s3)c(C)cc12.[Ir].[Ir].[Ir]. The molecule has 16 rings (SSSR count). The molecule has 0 fully saturated rings. The molecule has 8 heterocycles. The van der Waals surface area contributed by atoms with Gasteiger partial charge in [0.15, 0.2) is 17.3 Å². The van der Waals surface area contributed by atoms with E-state index in [4.69, 9.17) is 30.3 Å². The molecule has 8 aromatic heterocycles. The van der Waals surface area contributed by atoms with E-state index in [0.717, 1.165) is 48.3 Å². The zero-order valence-electron chi connectivity index (χ0n) is 63.3. The van der Waals surface area contributed by atoms with Gasteiger partial charge >= 0.3 is 0 Å². The van der Waals surface area contributed by atoms with Gasteiger partial charge in [0.05, 0.1) is 17.3 Å². The van der Waals surface area contributed by atoms with Gasteiger partial charge in [0, 0.05) is 150 Å². The molecule has 565 valence electrons. The molecule has 3 N–H and O–H groups in total. The number of carbonyl (C=O) groups excluding carboxylic acids is 3. The molecule has 110 heavy (non-hydrogen) atoms. The number of rotatable bonds is 9. The maximum atomic E-state index is 10.0. The van der Waals surface area contributed by atoms with Crippen LogP contribution in [0.2, 0.25) is 0 Å². The number of pyridine rings is 3. The van der Waals surface area contributed by atoms with Crippen LogP contribution in [0.25, 0.3) is 136 Å². The number of carbonyl (C=O) groups is 3. The van der Waals surface area contributed by atoms with Crippen molar-refractivity contribution in [2.24, 2.45) is 0 Å². The number of thiophene rings is 5. The van der Waals surface area contributed by atoms with Gasteiger partial charge in [-0.05, 0) is 186 Å². The molecule has 3 radical (unpaired) electrons. The predicted molar refractivity (Wildman–Crippen MR) is 457 cm³/mol. The van der Waals surface area contributed by atoms with Gasteiger partial charge in [-0.15, -0.1) is 164 Å². The van der Waals surface area contributed by atoms with Crippen molar-refractivity contribution in [2.45, 2.75) is 102 Å². The first-order valence-corrected chi connectivity index (χ1v) is 39.0. The summed E-state index contributed by atoms with van der Waals surface area (Å²) in [6.07, 6.45) is 3.50. The fourth-order valence-corrected chi connectivity index (χ4v) is 18.4. The Hall–Kier alpha value is -8.89. The quantitative estimate of drug-likeness (QED) is 0.0729. The molecule has 0 spiro atoms. The Morgan fingerprint density at radius 3 is 1.19 bits per heavy atom. The summed E-state index contributed by atoms with van der Waals surface area (Å²) in [7, 11) is 0. The van der Waals surface area contributed by atoms with Gasteiger partial charge in [0.25, 0.3) is 0 Å². The van der Waals surface area contributed by atoms with Crippen molar-refractivity contribution in [1.82, 2.24) is 15.0 Å². The van der Waals surface area contributed by atoms with E-state index in [1.807, 2.05) is 65.1 Å². The Bertz CT molecular complexity index is 5970. The molecule has 0 amide bonds. The Morgan fingerprint density at radius 2 is 0.791 bits per heavy atom. The van der Waals surface area contributed by atoms with Crippen LogP contribution < -0.4 is 0 Å². The van der Waals surface area contributed by atoms with Crippen LogP contribution in [0, 0.1) is 52.8 Å². The van der Waals surface area contributed by atoms with Crippen LogP contribution in [0.5, 0.6) is 0 Å². The monoisotopic (exact) mass is 2080 g/mol. The topological polar surface area (TPSA) is 151 Å². The molecular formula is C93H82Ir3N3O6S5-3. The number of hydrogen-bond acceptors (Lipinski definition) is 14. The summed E-state index contributed by atoms with van der Waals surface area (Å²) in [5.74, 6) is -0.187. The van der Waals surface area contributed by atoms with E-state index in [-0.39, 0.29) is 100 Å². The van der Waals surface area contributed by atoms with Crippen LogP contribution in [0.1, 0.15) is 95.7 Å². The maximum Gasteiger partial charge on any atom is 0.155 e. The molecule has 0 aliphatic rings. The smallest absolute Gasteiger partial charge is 0.155 e. The van der Waals surface area contributed by atoms with E-state index in [1.54, 1.807) is 34.0 Å². The molecule has 17 heteroatoms. The summed E-state index contributed by atoms with van der Waals surface area (Å²) in [6, 6.07) is 82.7. The van der Waals surface area contributed by atoms with Crippen LogP contribution >= 0.6 is 56.7 Å². The molecule has 0 saturated heterocycles. The van der Waals surface area contributed by atoms with E-state index in [9.17, 15) is 14.4 Å². The normalized spacial score (nSPS) is 11.3. The van der Waals surface area contributed by atoms with Crippen LogP contribution in [0.4, 0.5) is 0 Å². The van der Waals surface area contributed by atoms with Gasteiger partial charge in [-0.2, -0.15) is 0 Å². The Kier molecular flexibility index (Phi) is 30.6. The van der Waals surface area contributed by atoms with Crippen molar-refractivity contribution in [2.75, 3.05) is 0 Å². The zero-order valence-corrected chi connectivity index (χ0v) is 74.6.